The van der Waals surface area contributed by atoms with Gasteiger partial charge in [0.1, 0.15) is 0 Å². The molecule has 0 bridgehead atoms. The zero-order chi connectivity index (χ0) is 15.5. The summed E-state index contributed by atoms with van der Waals surface area (Å²) < 4.78 is 0. The van der Waals surface area contributed by atoms with Crippen LogP contribution in [0.1, 0.15) is 18.0 Å². The fraction of sp³-hybridized carbons (Fsp3) is 0.294. The lowest BCUT2D eigenvalue weighted by atomic mass is 10.00. The number of fused-ring (bicyclic) bond motifs is 1. The molecule has 0 saturated carbocycles. The number of hydrogen-bond donors (Lipinski definition) is 0. The second-order valence-corrected chi connectivity index (χ2v) is 6.14. The summed E-state index contributed by atoms with van der Waals surface area (Å²) in [6, 6.07) is 12.6. The fourth-order valence-electron chi connectivity index (χ4n) is 2.63. The summed E-state index contributed by atoms with van der Waals surface area (Å²) in [5.41, 5.74) is 1.22. The fourth-order valence-corrected chi connectivity index (χ4v) is 2.81. The van der Waals surface area contributed by atoms with Gasteiger partial charge in [-0.1, -0.05) is 29.8 Å². The highest BCUT2D eigenvalue weighted by Crippen LogP contribution is 2.26. The molecule has 0 N–H and O–H groups in total. The molecular formula is C17H19ClN4. The van der Waals surface area contributed by atoms with Gasteiger partial charge in [0.15, 0.2) is 0 Å². The van der Waals surface area contributed by atoms with E-state index >= 15 is 0 Å². The van der Waals surface area contributed by atoms with Crippen molar-refractivity contribution in [2.45, 2.75) is 12.5 Å². The van der Waals surface area contributed by atoms with Crippen LogP contribution in [-0.4, -0.2) is 40.5 Å². The quantitative estimate of drug-likeness (QED) is 0.721. The Balaban J connectivity index is 1.98. The molecule has 0 aliphatic carbocycles. The molecule has 4 nitrogen and oxygen atoms in total. The predicted octanol–water partition coefficient (Wildman–Crippen LogP) is 3.63. The molecule has 3 rings (SSSR count). The highest BCUT2D eigenvalue weighted by molar-refractivity contribution is 6.31. The normalized spacial score (nSPS) is 12.9. The molecule has 5 heteroatoms. The van der Waals surface area contributed by atoms with E-state index in [1.165, 1.54) is 10.9 Å². The first-order chi connectivity index (χ1) is 10.6. The summed E-state index contributed by atoms with van der Waals surface area (Å²) in [5, 5.41) is 11.8. The van der Waals surface area contributed by atoms with Gasteiger partial charge in [-0.15, -0.1) is 0 Å². The maximum absolute atomic E-state index is 6.06. The number of rotatable bonds is 5. The number of hydrogen-bond acceptors (Lipinski definition) is 3. The summed E-state index contributed by atoms with van der Waals surface area (Å²) in [6.45, 7) is 0.977. The van der Waals surface area contributed by atoms with Crippen LogP contribution >= 0.6 is 11.6 Å². The van der Waals surface area contributed by atoms with Gasteiger partial charge < -0.3 is 4.90 Å². The Hall–Kier alpha value is -1.91. The molecule has 0 amide bonds. The maximum atomic E-state index is 6.06. The second-order valence-electron chi connectivity index (χ2n) is 5.71. The van der Waals surface area contributed by atoms with E-state index in [4.69, 9.17) is 11.6 Å². The van der Waals surface area contributed by atoms with Gasteiger partial charge in [-0.05, 0) is 61.6 Å². The van der Waals surface area contributed by atoms with E-state index < -0.39 is 0 Å². The molecule has 1 unspecified atom stereocenters. The molecule has 1 aromatic heterocycles. The molecule has 1 atom stereocenters. The van der Waals surface area contributed by atoms with E-state index in [1.807, 2.05) is 12.1 Å². The molecule has 0 fully saturated rings. The Morgan fingerprint density at radius 1 is 1.05 bits per heavy atom. The van der Waals surface area contributed by atoms with Crippen molar-refractivity contribution < 1.29 is 0 Å². The Kier molecular flexibility index (Phi) is 4.41. The first kappa shape index (κ1) is 15.0. The third kappa shape index (κ3) is 3.29. The average molecular weight is 315 g/mol. The highest BCUT2D eigenvalue weighted by Gasteiger charge is 2.16. The van der Waals surface area contributed by atoms with Gasteiger partial charge in [0, 0.05) is 5.02 Å². The Morgan fingerprint density at radius 2 is 1.73 bits per heavy atom. The van der Waals surface area contributed by atoms with Crippen molar-refractivity contribution in [3.63, 3.8) is 0 Å². The maximum Gasteiger partial charge on any atom is 0.0978 e. The van der Waals surface area contributed by atoms with Gasteiger partial charge >= 0.3 is 0 Å². The lowest BCUT2D eigenvalue weighted by Gasteiger charge is -2.19. The Bertz CT molecular complexity index is 752. The lowest BCUT2D eigenvalue weighted by molar-refractivity contribution is 0.342. The Labute approximate surface area is 135 Å². The number of halogens is 1. The smallest absolute Gasteiger partial charge is 0.0978 e. The van der Waals surface area contributed by atoms with Gasteiger partial charge in [0.2, 0.25) is 0 Å². The van der Waals surface area contributed by atoms with Crippen LogP contribution in [-0.2, 0) is 0 Å². The third-order valence-corrected chi connectivity index (χ3v) is 4.01. The standard InChI is InChI=1S/C17H19ClN4/c1-21(2)10-7-17(22-19-8-9-20-22)15-4-3-14-12-16(18)6-5-13(14)11-15/h3-6,8-9,11-12,17H,7,10H2,1-2H3. The zero-order valence-corrected chi connectivity index (χ0v) is 13.5. The van der Waals surface area contributed by atoms with Crippen molar-refractivity contribution in [2.75, 3.05) is 20.6 Å². The molecule has 2 aromatic carbocycles. The largest absolute Gasteiger partial charge is 0.309 e. The SMILES string of the molecule is CN(C)CCC(c1ccc2cc(Cl)ccc2c1)n1nccn1. The van der Waals surface area contributed by atoms with Gasteiger partial charge in [-0.3, -0.25) is 0 Å². The minimum Gasteiger partial charge on any atom is -0.309 e. The number of aromatic nitrogens is 3. The summed E-state index contributed by atoms with van der Waals surface area (Å²) in [6.07, 6.45) is 4.41. The van der Waals surface area contributed by atoms with Crippen LogP contribution in [0.2, 0.25) is 5.02 Å². The molecule has 22 heavy (non-hydrogen) atoms. The van der Waals surface area contributed by atoms with Gasteiger partial charge in [0.05, 0.1) is 18.4 Å². The molecular weight excluding hydrogens is 296 g/mol. The summed E-state index contributed by atoms with van der Waals surface area (Å²) >= 11 is 6.06. The molecule has 0 aliphatic rings. The minimum absolute atomic E-state index is 0.137. The van der Waals surface area contributed by atoms with Crippen LogP contribution in [0.25, 0.3) is 10.8 Å². The van der Waals surface area contributed by atoms with Crippen molar-refractivity contribution in [2.24, 2.45) is 0 Å². The molecule has 0 saturated heterocycles. The molecule has 0 radical (unpaired) electrons. The van der Waals surface area contributed by atoms with E-state index in [1.54, 1.807) is 17.2 Å². The molecule has 3 aromatic rings. The number of benzene rings is 2. The highest BCUT2D eigenvalue weighted by atomic mass is 35.5. The summed E-state index contributed by atoms with van der Waals surface area (Å²) in [5.74, 6) is 0. The van der Waals surface area contributed by atoms with E-state index in [9.17, 15) is 0 Å². The molecule has 1 heterocycles. The van der Waals surface area contributed by atoms with Gasteiger partial charge in [-0.25, -0.2) is 0 Å². The zero-order valence-electron chi connectivity index (χ0n) is 12.8. The average Bonchev–Trinajstić information content (AvgIpc) is 3.01. The van der Waals surface area contributed by atoms with E-state index in [-0.39, 0.29) is 6.04 Å². The summed E-state index contributed by atoms with van der Waals surface area (Å²) in [7, 11) is 4.16. The first-order valence-corrected chi connectivity index (χ1v) is 7.71. The van der Waals surface area contributed by atoms with E-state index in [0.29, 0.717) is 0 Å². The Morgan fingerprint density at radius 3 is 2.45 bits per heavy atom. The van der Waals surface area contributed by atoms with Crippen molar-refractivity contribution in [1.29, 1.82) is 0 Å². The van der Waals surface area contributed by atoms with Gasteiger partial charge in [0.25, 0.3) is 0 Å². The van der Waals surface area contributed by atoms with Crippen molar-refractivity contribution in [1.82, 2.24) is 19.9 Å². The van der Waals surface area contributed by atoms with Crippen molar-refractivity contribution in [3.05, 3.63) is 59.4 Å². The van der Waals surface area contributed by atoms with E-state index in [0.717, 1.165) is 23.4 Å². The van der Waals surface area contributed by atoms with Crippen LogP contribution < -0.4 is 0 Å². The molecule has 114 valence electrons. The van der Waals surface area contributed by atoms with Crippen molar-refractivity contribution >= 4 is 22.4 Å². The van der Waals surface area contributed by atoms with Crippen LogP contribution in [0, 0.1) is 0 Å². The van der Waals surface area contributed by atoms with Crippen LogP contribution in [0.5, 0.6) is 0 Å². The second kappa shape index (κ2) is 6.46. The van der Waals surface area contributed by atoms with E-state index in [2.05, 4.69) is 53.5 Å². The number of nitrogens with zero attached hydrogens (tertiary/aromatic N) is 4. The van der Waals surface area contributed by atoms with Crippen LogP contribution in [0.15, 0.2) is 48.8 Å². The summed E-state index contributed by atoms with van der Waals surface area (Å²) in [4.78, 5) is 3.97. The minimum atomic E-state index is 0.137. The lowest BCUT2D eigenvalue weighted by Crippen LogP contribution is -2.21. The predicted molar refractivity (Wildman–Crippen MR) is 90.3 cm³/mol. The first-order valence-electron chi connectivity index (χ1n) is 7.33. The molecule has 0 spiro atoms. The monoisotopic (exact) mass is 314 g/mol. The third-order valence-electron chi connectivity index (χ3n) is 3.78. The van der Waals surface area contributed by atoms with Crippen LogP contribution in [0.3, 0.4) is 0 Å². The van der Waals surface area contributed by atoms with Gasteiger partial charge in [-0.2, -0.15) is 15.0 Å². The molecule has 0 aliphatic heterocycles. The topological polar surface area (TPSA) is 34.0 Å². The van der Waals surface area contributed by atoms with Crippen LogP contribution in [0.4, 0.5) is 0 Å². The van der Waals surface area contributed by atoms with Crippen molar-refractivity contribution in [3.8, 4) is 0 Å².